The maximum Gasteiger partial charge on any atom is 0.508 e. The first-order chi connectivity index (χ1) is 16.4. The van der Waals surface area contributed by atoms with Crippen LogP contribution >= 0.6 is 11.8 Å². The molecule has 0 aromatic heterocycles. The fourth-order valence-electron chi connectivity index (χ4n) is 4.23. The van der Waals surface area contributed by atoms with Gasteiger partial charge in [0.05, 0.1) is 16.9 Å². The van der Waals surface area contributed by atoms with Gasteiger partial charge in [-0.2, -0.15) is 0 Å². The minimum absolute atomic E-state index is 0.103. The molecule has 3 atom stereocenters. The molecule has 3 unspecified atom stereocenters. The molecule has 3 N–H and O–H groups in total. The Morgan fingerprint density at radius 1 is 1.31 bits per heavy atom. The Kier molecular flexibility index (Phi) is 7.19. The topological polar surface area (TPSA) is 179 Å². The van der Waals surface area contributed by atoms with Gasteiger partial charge >= 0.3 is 12.1 Å². The van der Waals surface area contributed by atoms with E-state index >= 15 is 0 Å². The maximum atomic E-state index is 12.9. The van der Waals surface area contributed by atoms with Crippen molar-refractivity contribution < 1.29 is 38.7 Å². The molecule has 1 aromatic rings. The Morgan fingerprint density at radius 2 is 1.94 bits per heavy atom. The molecule has 1 aromatic carbocycles. The number of rotatable bonds is 9. The summed E-state index contributed by atoms with van der Waals surface area (Å²) in [5, 5.41) is 21.8. The highest BCUT2D eigenvalue weighted by molar-refractivity contribution is 8.05. The Hall–Kier alpha value is -3.87. The van der Waals surface area contributed by atoms with E-state index in [-0.39, 0.29) is 18.0 Å². The van der Waals surface area contributed by atoms with Gasteiger partial charge in [0.1, 0.15) is 18.4 Å². The molecule has 12 nitrogen and oxygen atoms in total. The number of β-lactam (4-membered cyclic amide) rings is 1. The van der Waals surface area contributed by atoms with Crippen molar-refractivity contribution in [1.82, 2.24) is 4.90 Å². The van der Waals surface area contributed by atoms with Crippen LogP contribution < -0.4 is 5.73 Å². The van der Waals surface area contributed by atoms with Gasteiger partial charge in [0.2, 0.25) is 11.8 Å². The molecule has 0 radical (unpaired) electrons. The summed E-state index contributed by atoms with van der Waals surface area (Å²) in [6.45, 7) is 4.85. The number of nitrogens with two attached hydrogens (primary N) is 1. The third kappa shape index (κ3) is 4.99. The van der Waals surface area contributed by atoms with Gasteiger partial charge in [-0.15, -0.1) is 0 Å². The molecule has 35 heavy (non-hydrogen) atoms. The standard InChI is InChI=1S/C22H23N3O9S/c1-11(34-21(30)33-10-12-4-6-13(7-5-12)25(31)32)15-17-22(2,3)18(35-9-8-14(23)26)16(20(28)29)24(17)19(15)27/h4-9,11,15,17H,10H2,1-3H3,(H2,23,26)(H,28,29). The van der Waals surface area contributed by atoms with Crippen molar-refractivity contribution in [3.8, 4) is 0 Å². The molecule has 0 bridgehead atoms. The predicted molar refractivity (Wildman–Crippen MR) is 122 cm³/mol. The number of carboxylic acid groups (broad SMARTS) is 1. The highest BCUT2D eigenvalue weighted by atomic mass is 32.2. The summed E-state index contributed by atoms with van der Waals surface area (Å²) in [5.74, 6) is -3.31. The van der Waals surface area contributed by atoms with Crippen molar-refractivity contribution in [2.45, 2.75) is 39.5 Å². The number of thioether (sulfide) groups is 1. The zero-order valence-electron chi connectivity index (χ0n) is 19.0. The minimum Gasteiger partial charge on any atom is -0.477 e. The second kappa shape index (κ2) is 9.78. The lowest BCUT2D eigenvalue weighted by molar-refractivity contribution is -0.384. The van der Waals surface area contributed by atoms with Crippen molar-refractivity contribution in [2.24, 2.45) is 17.1 Å². The Bertz CT molecular complexity index is 1140. The number of non-ortho nitro benzene ring substituents is 1. The van der Waals surface area contributed by atoms with Crippen molar-refractivity contribution >= 4 is 41.4 Å². The molecular weight excluding hydrogens is 482 g/mol. The van der Waals surface area contributed by atoms with E-state index in [0.29, 0.717) is 10.5 Å². The lowest BCUT2D eigenvalue weighted by atomic mass is 9.71. The summed E-state index contributed by atoms with van der Waals surface area (Å²) >= 11 is 0.990. The summed E-state index contributed by atoms with van der Waals surface area (Å²) < 4.78 is 10.3. The highest BCUT2D eigenvalue weighted by Gasteiger charge is 2.65. The van der Waals surface area contributed by atoms with Gasteiger partial charge < -0.3 is 25.2 Å². The van der Waals surface area contributed by atoms with Crippen molar-refractivity contribution in [3.05, 3.63) is 62.0 Å². The third-order valence-electron chi connectivity index (χ3n) is 5.83. The van der Waals surface area contributed by atoms with E-state index in [1.165, 1.54) is 41.5 Å². The zero-order valence-corrected chi connectivity index (χ0v) is 19.8. The van der Waals surface area contributed by atoms with Crippen LogP contribution in [0.1, 0.15) is 26.3 Å². The predicted octanol–water partition coefficient (Wildman–Crippen LogP) is 2.53. The van der Waals surface area contributed by atoms with Gasteiger partial charge in [0.15, 0.2) is 0 Å². The molecule has 2 aliphatic rings. The largest absolute Gasteiger partial charge is 0.508 e. The molecule has 1 fully saturated rings. The second-order valence-corrected chi connectivity index (χ2v) is 9.41. The fourth-order valence-corrected chi connectivity index (χ4v) is 5.29. The normalized spacial score (nSPS) is 21.3. The van der Waals surface area contributed by atoms with Gasteiger partial charge in [-0.3, -0.25) is 19.7 Å². The Labute approximate surface area is 203 Å². The summed E-state index contributed by atoms with van der Waals surface area (Å²) in [4.78, 5) is 59.8. The van der Waals surface area contributed by atoms with E-state index in [9.17, 15) is 34.4 Å². The first kappa shape index (κ1) is 25.7. The van der Waals surface area contributed by atoms with Gasteiger partial charge in [0, 0.05) is 28.5 Å². The summed E-state index contributed by atoms with van der Waals surface area (Å²) in [6.07, 6.45) is -0.870. The number of amides is 2. The van der Waals surface area contributed by atoms with E-state index in [1.54, 1.807) is 13.8 Å². The van der Waals surface area contributed by atoms with E-state index < -0.39 is 52.3 Å². The quantitative estimate of drug-likeness (QED) is 0.166. The van der Waals surface area contributed by atoms with Gasteiger partial charge in [-0.05, 0) is 30.0 Å². The maximum absolute atomic E-state index is 12.9. The number of nitrogens with zero attached hydrogens (tertiary/aromatic N) is 2. The number of nitro groups is 1. The highest BCUT2D eigenvalue weighted by Crippen LogP contribution is 2.57. The number of nitro benzene ring substituents is 1. The Balaban J connectivity index is 1.67. The van der Waals surface area contributed by atoms with Crippen LogP contribution in [0.5, 0.6) is 0 Å². The molecule has 0 aliphatic carbocycles. The molecule has 3 rings (SSSR count). The number of carbonyl (C=O) groups is 4. The zero-order chi connectivity index (χ0) is 26.1. The molecule has 2 amide bonds. The number of fused-ring (bicyclic) bond motifs is 1. The van der Waals surface area contributed by atoms with Crippen LogP contribution in [0.4, 0.5) is 10.5 Å². The number of carboxylic acids is 1. The third-order valence-corrected chi connectivity index (χ3v) is 7.06. The molecule has 13 heteroatoms. The van der Waals surface area contributed by atoms with E-state index in [0.717, 1.165) is 17.8 Å². The second-order valence-electron chi connectivity index (χ2n) is 8.49. The van der Waals surface area contributed by atoms with Crippen molar-refractivity contribution in [1.29, 1.82) is 0 Å². The number of primary amides is 1. The van der Waals surface area contributed by atoms with Crippen LogP contribution in [0.25, 0.3) is 0 Å². The molecule has 1 saturated heterocycles. The SMILES string of the molecule is CC(OC(=O)OCc1ccc([N+](=O)[O-])cc1)C1C(=O)N2C(C(=O)O)=C(SC=CC(N)=O)C(C)(C)C12. The lowest BCUT2D eigenvalue weighted by Crippen LogP contribution is -2.66. The smallest absolute Gasteiger partial charge is 0.477 e. The average Bonchev–Trinajstić information content (AvgIpc) is 2.96. The van der Waals surface area contributed by atoms with Crippen LogP contribution in [0, 0.1) is 21.4 Å². The van der Waals surface area contributed by atoms with Gasteiger partial charge in [-0.25, -0.2) is 9.59 Å². The van der Waals surface area contributed by atoms with Crippen LogP contribution in [0.3, 0.4) is 0 Å². The summed E-state index contributed by atoms with van der Waals surface area (Å²) in [6, 6.07) is 4.83. The number of hydrogen-bond acceptors (Lipinski definition) is 9. The summed E-state index contributed by atoms with van der Waals surface area (Å²) in [7, 11) is 0. The molecule has 2 aliphatic heterocycles. The number of hydrogen-bond donors (Lipinski definition) is 2. The molecule has 2 heterocycles. The van der Waals surface area contributed by atoms with Crippen molar-refractivity contribution in [2.75, 3.05) is 0 Å². The van der Waals surface area contributed by atoms with E-state index in [2.05, 4.69) is 0 Å². The van der Waals surface area contributed by atoms with Crippen LogP contribution in [0.15, 0.2) is 46.4 Å². The monoisotopic (exact) mass is 505 g/mol. The average molecular weight is 506 g/mol. The molecule has 186 valence electrons. The number of carbonyl (C=O) groups excluding carboxylic acids is 3. The van der Waals surface area contributed by atoms with Gasteiger partial charge in [-0.1, -0.05) is 25.6 Å². The van der Waals surface area contributed by atoms with Crippen molar-refractivity contribution in [3.63, 3.8) is 0 Å². The first-order valence-electron chi connectivity index (χ1n) is 10.4. The van der Waals surface area contributed by atoms with Gasteiger partial charge in [0.25, 0.3) is 5.69 Å². The molecule has 0 saturated carbocycles. The fraction of sp³-hybridized carbons (Fsp3) is 0.364. The lowest BCUT2D eigenvalue weighted by Gasteiger charge is -2.50. The van der Waals surface area contributed by atoms with Crippen LogP contribution in [-0.2, 0) is 30.5 Å². The Morgan fingerprint density at radius 3 is 2.49 bits per heavy atom. The number of aliphatic carboxylic acids is 1. The first-order valence-corrected chi connectivity index (χ1v) is 11.2. The van der Waals surface area contributed by atoms with Crippen LogP contribution in [-0.4, -0.2) is 51.0 Å². The number of benzene rings is 1. The molecular formula is C22H23N3O9S. The van der Waals surface area contributed by atoms with Crippen LogP contribution in [0.2, 0.25) is 0 Å². The summed E-state index contributed by atoms with van der Waals surface area (Å²) in [5.41, 5.74) is 4.49. The van der Waals surface area contributed by atoms with E-state index in [1.807, 2.05) is 0 Å². The minimum atomic E-state index is -1.29. The molecule has 0 spiro atoms. The number of ether oxygens (including phenoxy) is 2. The van der Waals surface area contributed by atoms with E-state index in [4.69, 9.17) is 15.2 Å².